The molecule has 0 radical (unpaired) electrons. The summed E-state index contributed by atoms with van der Waals surface area (Å²) >= 11 is 6.32. The van der Waals surface area contributed by atoms with E-state index in [1.807, 2.05) is 0 Å². The second-order valence-corrected chi connectivity index (χ2v) is 6.98. The molecule has 2 N–H and O–H groups in total. The van der Waals surface area contributed by atoms with E-state index < -0.39 is 17.4 Å². The Labute approximate surface area is 180 Å². The standard InChI is InChI=1S/C23H14ClF2N3O2/c1-2-18(31)29-13-6-3-5-12(9-13)22-14-10-15(24)19(21(26)23(14)28-11-27-22)20-16(25)7-4-8-17(20)30/h2-11,30H,1H2,(H,29,31). The van der Waals surface area contributed by atoms with Crippen LogP contribution in [0.25, 0.3) is 33.3 Å². The molecule has 1 amide bonds. The highest BCUT2D eigenvalue weighted by Crippen LogP contribution is 2.42. The molecule has 1 aromatic heterocycles. The number of amides is 1. The van der Waals surface area contributed by atoms with Crippen molar-refractivity contribution in [2.75, 3.05) is 5.32 Å². The Morgan fingerprint density at radius 2 is 1.87 bits per heavy atom. The Morgan fingerprint density at radius 3 is 2.61 bits per heavy atom. The van der Waals surface area contributed by atoms with Gasteiger partial charge in [0.05, 0.1) is 16.3 Å². The normalized spacial score (nSPS) is 10.8. The van der Waals surface area contributed by atoms with Crippen LogP contribution in [0.3, 0.4) is 0 Å². The van der Waals surface area contributed by atoms with Gasteiger partial charge in [-0.1, -0.05) is 36.4 Å². The molecule has 0 saturated heterocycles. The number of hydrogen-bond donors (Lipinski definition) is 2. The molecule has 1 heterocycles. The van der Waals surface area contributed by atoms with Gasteiger partial charge >= 0.3 is 0 Å². The number of phenolic OH excluding ortho intramolecular Hbond substituents is 1. The van der Waals surface area contributed by atoms with Crippen LogP contribution in [-0.4, -0.2) is 21.0 Å². The van der Waals surface area contributed by atoms with Gasteiger partial charge in [0.1, 0.15) is 23.4 Å². The first kappa shape index (κ1) is 20.4. The fourth-order valence-corrected chi connectivity index (χ4v) is 3.57. The second-order valence-electron chi connectivity index (χ2n) is 6.57. The van der Waals surface area contributed by atoms with E-state index in [0.717, 1.165) is 12.1 Å². The highest BCUT2D eigenvalue weighted by molar-refractivity contribution is 6.34. The summed E-state index contributed by atoms with van der Waals surface area (Å²) in [4.78, 5) is 19.8. The third kappa shape index (κ3) is 3.71. The van der Waals surface area contributed by atoms with Crippen molar-refractivity contribution >= 4 is 34.1 Å². The van der Waals surface area contributed by atoms with Gasteiger partial charge in [0.15, 0.2) is 5.82 Å². The average Bonchev–Trinajstić information content (AvgIpc) is 2.75. The van der Waals surface area contributed by atoms with E-state index in [1.165, 1.54) is 24.5 Å². The van der Waals surface area contributed by atoms with Gasteiger partial charge in [0.2, 0.25) is 5.91 Å². The lowest BCUT2D eigenvalue weighted by atomic mass is 9.99. The maximum Gasteiger partial charge on any atom is 0.247 e. The van der Waals surface area contributed by atoms with E-state index in [0.29, 0.717) is 16.9 Å². The molecule has 3 aromatic carbocycles. The lowest BCUT2D eigenvalue weighted by Crippen LogP contribution is -2.07. The minimum Gasteiger partial charge on any atom is -0.507 e. The van der Waals surface area contributed by atoms with E-state index in [9.17, 15) is 14.3 Å². The van der Waals surface area contributed by atoms with E-state index >= 15 is 4.39 Å². The number of rotatable bonds is 4. The summed E-state index contributed by atoms with van der Waals surface area (Å²) in [6.45, 7) is 3.41. The summed E-state index contributed by atoms with van der Waals surface area (Å²) in [5, 5.41) is 12.9. The first-order valence-corrected chi connectivity index (χ1v) is 9.43. The molecule has 0 bridgehead atoms. The fraction of sp³-hybridized carbons (Fsp3) is 0. The van der Waals surface area contributed by atoms with Gasteiger partial charge in [-0.15, -0.1) is 0 Å². The number of aromatic nitrogens is 2. The number of benzene rings is 3. The van der Waals surface area contributed by atoms with Crippen molar-refractivity contribution in [1.82, 2.24) is 9.97 Å². The lowest BCUT2D eigenvalue weighted by molar-refractivity contribution is -0.111. The topological polar surface area (TPSA) is 75.1 Å². The maximum atomic E-state index is 15.4. The molecule has 154 valence electrons. The van der Waals surface area contributed by atoms with Crippen molar-refractivity contribution in [2.45, 2.75) is 0 Å². The predicted molar refractivity (Wildman–Crippen MR) is 116 cm³/mol. The van der Waals surface area contributed by atoms with Crippen LogP contribution in [0.15, 0.2) is 67.5 Å². The van der Waals surface area contributed by atoms with Gasteiger partial charge in [0.25, 0.3) is 0 Å². The highest BCUT2D eigenvalue weighted by atomic mass is 35.5. The Balaban J connectivity index is 1.93. The van der Waals surface area contributed by atoms with Crippen molar-refractivity contribution < 1.29 is 18.7 Å². The number of hydrogen-bond acceptors (Lipinski definition) is 4. The van der Waals surface area contributed by atoms with Crippen LogP contribution in [0, 0.1) is 11.6 Å². The minimum absolute atomic E-state index is 0.0902. The highest BCUT2D eigenvalue weighted by Gasteiger charge is 2.23. The van der Waals surface area contributed by atoms with Crippen molar-refractivity contribution in [3.8, 4) is 28.1 Å². The lowest BCUT2D eigenvalue weighted by Gasteiger charge is -2.13. The summed E-state index contributed by atoms with van der Waals surface area (Å²) in [6, 6.07) is 11.8. The van der Waals surface area contributed by atoms with Crippen molar-refractivity contribution in [3.05, 3.63) is 84.2 Å². The number of anilines is 1. The van der Waals surface area contributed by atoms with E-state index in [-0.39, 0.29) is 33.0 Å². The molecule has 0 fully saturated rings. The van der Waals surface area contributed by atoms with Crippen LogP contribution in [0.5, 0.6) is 5.75 Å². The number of fused-ring (bicyclic) bond motifs is 1. The summed E-state index contributed by atoms with van der Waals surface area (Å²) in [5.41, 5.74) is 0.708. The zero-order chi connectivity index (χ0) is 22.1. The summed E-state index contributed by atoms with van der Waals surface area (Å²) in [5.74, 6) is -2.53. The number of nitrogens with one attached hydrogen (secondary N) is 1. The molecular formula is C23H14ClF2N3O2. The molecular weight excluding hydrogens is 424 g/mol. The first-order valence-electron chi connectivity index (χ1n) is 9.05. The van der Waals surface area contributed by atoms with Gasteiger partial charge in [-0.25, -0.2) is 18.7 Å². The molecule has 5 nitrogen and oxygen atoms in total. The van der Waals surface area contributed by atoms with Crippen molar-refractivity contribution in [2.24, 2.45) is 0 Å². The number of carbonyl (C=O) groups excluding carboxylic acids is 1. The van der Waals surface area contributed by atoms with Gasteiger partial charge < -0.3 is 10.4 Å². The molecule has 0 aliphatic heterocycles. The maximum absolute atomic E-state index is 15.4. The largest absolute Gasteiger partial charge is 0.507 e. The molecule has 0 unspecified atom stereocenters. The minimum atomic E-state index is -0.886. The van der Waals surface area contributed by atoms with Crippen LogP contribution >= 0.6 is 11.6 Å². The summed E-state index contributed by atoms with van der Waals surface area (Å²) in [6.07, 6.45) is 2.32. The first-order chi connectivity index (χ1) is 14.9. The van der Waals surface area contributed by atoms with Crippen LogP contribution in [0.4, 0.5) is 14.5 Å². The van der Waals surface area contributed by atoms with Gasteiger partial charge in [-0.2, -0.15) is 0 Å². The van der Waals surface area contributed by atoms with Crippen LogP contribution in [0.2, 0.25) is 5.02 Å². The molecule has 0 saturated carbocycles. The van der Waals surface area contributed by atoms with Gasteiger partial charge in [0, 0.05) is 22.2 Å². The number of aromatic hydroxyl groups is 1. The quantitative estimate of drug-likeness (QED) is 0.400. The Morgan fingerprint density at radius 1 is 1.10 bits per heavy atom. The molecule has 4 rings (SSSR count). The Bertz CT molecular complexity index is 1340. The number of halogens is 3. The number of carbonyl (C=O) groups is 1. The van der Waals surface area contributed by atoms with Crippen molar-refractivity contribution in [3.63, 3.8) is 0 Å². The Kier molecular flexibility index (Phi) is 5.35. The smallest absolute Gasteiger partial charge is 0.247 e. The zero-order valence-corrected chi connectivity index (χ0v) is 16.6. The Hall–Kier alpha value is -3.84. The average molecular weight is 438 g/mol. The molecule has 31 heavy (non-hydrogen) atoms. The zero-order valence-electron chi connectivity index (χ0n) is 15.9. The molecule has 0 atom stereocenters. The van der Waals surface area contributed by atoms with Crippen molar-refractivity contribution in [1.29, 1.82) is 0 Å². The molecule has 4 aromatic rings. The summed E-state index contributed by atoms with van der Waals surface area (Å²) in [7, 11) is 0. The number of nitrogens with zero attached hydrogens (tertiary/aromatic N) is 2. The molecule has 8 heteroatoms. The monoisotopic (exact) mass is 437 g/mol. The van der Waals surface area contributed by atoms with Crippen LogP contribution in [-0.2, 0) is 4.79 Å². The SMILES string of the molecule is C=CC(=O)Nc1cccc(-c2ncnc3c(F)c(-c4c(O)cccc4F)c(Cl)cc23)c1. The van der Waals surface area contributed by atoms with Crippen LogP contribution in [0.1, 0.15) is 0 Å². The second kappa shape index (κ2) is 8.12. The van der Waals surface area contributed by atoms with Gasteiger partial charge in [-0.3, -0.25) is 4.79 Å². The number of phenols is 1. The molecule has 0 aliphatic rings. The fourth-order valence-electron chi connectivity index (χ4n) is 3.29. The molecule has 0 aliphatic carbocycles. The van der Waals surface area contributed by atoms with E-state index in [4.69, 9.17) is 11.6 Å². The van der Waals surface area contributed by atoms with E-state index in [2.05, 4.69) is 21.9 Å². The van der Waals surface area contributed by atoms with Gasteiger partial charge in [-0.05, 0) is 36.4 Å². The van der Waals surface area contributed by atoms with Crippen LogP contribution < -0.4 is 5.32 Å². The van der Waals surface area contributed by atoms with E-state index in [1.54, 1.807) is 24.3 Å². The third-order valence-electron chi connectivity index (χ3n) is 4.65. The predicted octanol–water partition coefficient (Wildman–Crippen LogP) is 5.73. The summed E-state index contributed by atoms with van der Waals surface area (Å²) < 4.78 is 29.8. The third-order valence-corrected chi connectivity index (χ3v) is 4.95. The molecule has 0 spiro atoms.